The number of rotatable bonds is 2. The van der Waals surface area contributed by atoms with Crippen molar-refractivity contribution in [2.45, 2.75) is 19.4 Å². The summed E-state index contributed by atoms with van der Waals surface area (Å²) in [6.45, 7) is 0.878. The van der Waals surface area contributed by atoms with Crippen LogP contribution in [0.1, 0.15) is 21.0 Å². The predicted octanol–water partition coefficient (Wildman–Crippen LogP) is 2.72. The number of amides is 1. The van der Waals surface area contributed by atoms with Crippen molar-refractivity contribution in [2.24, 2.45) is 5.73 Å². The number of hydrogen-bond acceptors (Lipinski definition) is 4. The molecule has 0 atom stereocenters. The van der Waals surface area contributed by atoms with E-state index in [-0.39, 0.29) is 5.91 Å². The van der Waals surface area contributed by atoms with Gasteiger partial charge in [-0.05, 0) is 25.0 Å². The Labute approximate surface area is 131 Å². The van der Waals surface area contributed by atoms with E-state index >= 15 is 0 Å². The predicted molar refractivity (Wildman–Crippen MR) is 85.6 cm³/mol. The molecule has 0 saturated heterocycles. The van der Waals surface area contributed by atoms with E-state index in [9.17, 15) is 4.79 Å². The van der Waals surface area contributed by atoms with E-state index in [4.69, 9.17) is 5.73 Å². The molecule has 4 rings (SSSR count). The van der Waals surface area contributed by atoms with Crippen molar-refractivity contribution in [1.29, 1.82) is 0 Å². The molecular formula is C16H14N4OS. The van der Waals surface area contributed by atoms with Gasteiger partial charge in [-0.15, -0.1) is 11.3 Å². The van der Waals surface area contributed by atoms with Crippen LogP contribution >= 0.6 is 11.3 Å². The van der Waals surface area contributed by atoms with Crippen LogP contribution in [0, 0.1) is 0 Å². The topological polar surface area (TPSA) is 73.8 Å². The third kappa shape index (κ3) is 2.03. The molecule has 6 heteroatoms. The maximum atomic E-state index is 11.5. The number of fused-ring (bicyclic) bond motifs is 3. The number of hydrogen-bond donors (Lipinski definition) is 1. The lowest BCUT2D eigenvalue weighted by Gasteiger charge is -2.06. The fourth-order valence-corrected chi connectivity index (χ4v) is 3.95. The highest BCUT2D eigenvalue weighted by molar-refractivity contribution is 7.14. The number of thiophene rings is 1. The van der Waals surface area contributed by atoms with Crippen molar-refractivity contribution in [3.63, 3.8) is 0 Å². The molecule has 3 aromatic rings. The third-order valence-corrected chi connectivity index (χ3v) is 5.10. The van der Waals surface area contributed by atoms with Crippen molar-refractivity contribution >= 4 is 17.2 Å². The summed E-state index contributed by atoms with van der Waals surface area (Å²) in [6, 6.07) is 5.84. The molecule has 4 heterocycles. The summed E-state index contributed by atoms with van der Waals surface area (Å²) < 4.78 is 2.02. The zero-order valence-electron chi connectivity index (χ0n) is 11.8. The highest BCUT2D eigenvalue weighted by atomic mass is 32.1. The Balaban J connectivity index is 1.95. The molecule has 0 fully saturated rings. The van der Waals surface area contributed by atoms with Gasteiger partial charge in [0.2, 0.25) is 0 Å². The molecule has 0 aromatic carbocycles. The molecule has 1 amide bonds. The number of aromatic nitrogens is 3. The van der Waals surface area contributed by atoms with Crippen molar-refractivity contribution < 1.29 is 4.79 Å². The summed E-state index contributed by atoms with van der Waals surface area (Å²) in [6.07, 6.45) is 7.43. The number of nitrogens with two attached hydrogens (primary N) is 1. The first-order valence-electron chi connectivity index (χ1n) is 7.13. The van der Waals surface area contributed by atoms with Gasteiger partial charge >= 0.3 is 0 Å². The second kappa shape index (κ2) is 5.06. The average Bonchev–Trinajstić information content (AvgIpc) is 3.09. The van der Waals surface area contributed by atoms with Crippen LogP contribution in [-0.4, -0.2) is 20.7 Å². The van der Waals surface area contributed by atoms with Gasteiger partial charge in [-0.1, -0.05) is 6.07 Å². The summed E-state index contributed by atoms with van der Waals surface area (Å²) in [4.78, 5) is 17.5. The van der Waals surface area contributed by atoms with Crippen LogP contribution in [0.3, 0.4) is 0 Å². The summed E-state index contributed by atoms with van der Waals surface area (Å²) in [7, 11) is 0. The first kappa shape index (κ1) is 13.2. The summed E-state index contributed by atoms with van der Waals surface area (Å²) in [5, 5.41) is 4.52. The minimum Gasteiger partial charge on any atom is -0.365 e. The lowest BCUT2D eigenvalue weighted by atomic mass is 10.0. The maximum Gasteiger partial charge on any atom is 0.258 e. The molecule has 3 aromatic heterocycles. The van der Waals surface area contributed by atoms with Gasteiger partial charge in [-0.3, -0.25) is 14.5 Å². The molecule has 1 aliphatic rings. The van der Waals surface area contributed by atoms with Crippen molar-refractivity contribution in [3.05, 3.63) is 46.5 Å². The molecule has 0 saturated carbocycles. The number of carbonyl (C=O) groups excluding carboxylic acids is 1. The molecule has 110 valence electrons. The van der Waals surface area contributed by atoms with E-state index < -0.39 is 0 Å². The van der Waals surface area contributed by atoms with E-state index in [1.165, 1.54) is 16.2 Å². The Kier molecular flexibility index (Phi) is 3.04. The lowest BCUT2D eigenvalue weighted by Crippen LogP contribution is -2.08. The van der Waals surface area contributed by atoms with Gasteiger partial charge in [0.15, 0.2) is 0 Å². The number of nitrogens with zero attached hydrogens (tertiary/aromatic N) is 3. The van der Waals surface area contributed by atoms with Crippen LogP contribution in [0.2, 0.25) is 0 Å². The van der Waals surface area contributed by atoms with Crippen LogP contribution < -0.4 is 5.73 Å². The summed E-state index contributed by atoms with van der Waals surface area (Å²) in [5.74, 6) is -0.368. The second-order valence-corrected chi connectivity index (χ2v) is 6.42. The van der Waals surface area contributed by atoms with E-state index in [2.05, 4.69) is 10.1 Å². The lowest BCUT2D eigenvalue weighted by molar-refractivity contribution is 0.100. The van der Waals surface area contributed by atoms with Gasteiger partial charge in [-0.25, -0.2) is 0 Å². The SMILES string of the molecule is NC(=O)c1cc2c(s1)CCCn1ncc(-c3cccnc3)c1-2. The molecule has 22 heavy (non-hydrogen) atoms. The van der Waals surface area contributed by atoms with Crippen molar-refractivity contribution in [2.75, 3.05) is 0 Å². The Bertz CT molecular complexity index is 850. The first-order valence-corrected chi connectivity index (χ1v) is 7.95. The van der Waals surface area contributed by atoms with Gasteiger partial charge in [0.25, 0.3) is 5.91 Å². The molecular weight excluding hydrogens is 296 g/mol. The van der Waals surface area contributed by atoms with Crippen LogP contribution in [0.4, 0.5) is 0 Å². The van der Waals surface area contributed by atoms with Crippen LogP contribution in [-0.2, 0) is 13.0 Å². The largest absolute Gasteiger partial charge is 0.365 e. The highest BCUT2D eigenvalue weighted by Gasteiger charge is 2.23. The van der Waals surface area contributed by atoms with E-state index in [1.54, 1.807) is 6.20 Å². The maximum absolute atomic E-state index is 11.5. The normalized spacial score (nSPS) is 13.3. The number of carbonyl (C=O) groups is 1. The standard InChI is InChI=1S/C16H14N4OS/c17-16(21)14-7-11-13(22-14)4-2-6-20-15(11)12(9-19-20)10-3-1-5-18-8-10/h1,3,5,7-9H,2,4,6H2,(H2,17,21). The van der Waals surface area contributed by atoms with Gasteiger partial charge in [0, 0.05) is 40.5 Å². The molecule has 2 N–H and O–H groups in total. The fourth-order valence-electron chi connectivity index (χ4n) is 2.90. The Morgan fingerprint density at radius 1 is 1.32 bits per heavy atom. The van der Waals surface area contributed by atoms with Crippen LogP contribution in [0.5, 0.6) is 0 Å². The number of aryl methyl sites for hydroxylation is 2. The van der Waals surface area contributed by atoms with Crippen molar-refractivity contribution in [1.82, 2.24) is 14.8 Å². The molecule has 0 radical (unpaired) electrons. The molecule has 0 aliphatic carbocycles. The zero-order valence-corrected chi connectivity index (χ0v) is 12.6. The molecule has 0 spiro atoms. The molecule has 5 nitrogen and oxygen atoms in total. The quantitative estimate of drug-likeness (QED) is 0.791. The van der Waals surface area contributed by atoms with Crippen LogP contribution in [0.25, 0.3) is 22.4 Å². The zero-order chi connectivity index (χ0) is 15.1. The Hall–Kier alpha value is -2.47. The first-order chi connectivity index (χ1) is 10.7. The second-order valence-electron chi connectivity index (χ2n) is 5.29. The minimum atomic E-state index is -0.368. The van der Waals surface area contributed by atoms with E-state index in [0.717, 1.165) is 41.8 Å². The van der Waals surface area contributed by atoms with Gasteiger partial charge < -0.3 is 5.73 Å². The fraction of sp³-hybridized carbons (Fsp3) is 0.188. The van der Waals surface area contributed by atoms with Gasteiger partial charge in [0.05, 0.1) is 16.8 Å². The monoisotopic (exact) mass is 310 g/mol. The molecule has 0 unspecified atom stereocenters. The number of pyridine rings is 1. The Morgan fingerprint density at radius 2 is 2.23 bits per heavy atom. The van der Waals surface area contributed by atoms with Gasteiger partial charge in [-0.2, -0.15) is 5.10 Å². The summed E-state index contributed by atoms with van der Waals surface area (Å²) >= 11 is 1.50. The van der Waals surface area contributed by atoms with Crippen LogP contribution in [0.15, 0.2) is 36.8 Å². The highest BCUT2D eigenvalue weighted by Crippen LogP contribution is 2.40. The average molecular weight is 310 g/mol. The van der Waals surface area contributed by atoms with E-state index in [1.807, 2.05) is 35.3 Å². The van der Waals surface area contributed by atoms with Gasteiger partial charge in [0.1, 0.15) is 0 Å². The smallest absolute Gasteiger partial charge is 0.258 e. The van der Waals surface area contributed by atoms with E-state index in [0.29, 0.717) is 4.88 Å². The third-order valence-electron chi connectivity index (χ3n) is 3.89. The molecule has 0 bridgehead atoms. The number of primary amides is 1. The molecule has 1 aliphatic heterocycles. The Morgan fingerprint density at radius 3 is 3.00 bits per heavy atom. The summed E-state index contributed by atoms with van der Waals surface area (Å²) in [5.41, 5.74) is 9.66. The van der Waals surface area contributed by atoms with Crippen molar-refractivity contribution in [3.8, 4) is 22.4 Å². The minimum absolute atomic E-state index is 0.368.